The van der Waals surface area contributed by atoms with E-state index in [2.05, 4.69) is 0 Å². The zero-order chi connectivity index (χ0) is 21.8. The van der Waals surface area contributed by atoms with Gasteiger partial charge in [-0.25, -0.2) is 4.79 Å². The van der Waals surface area contributed by atoms with Gasteiger partial charge in [0.05, 0.1) is 25.4 Å². The summed E-state index contributed by atoms with van der Waals surface area (Å²) in [4.78, 5) is 11.5. The van der Waals surface area contributed by atoms with Crippen molar-refractivity contribution in [3.63, 3.8) is 0 Å². The molecule has 0 aromatic rings. The quantitative estimate of drug-likeness (QED) is 0.187. The molecule has 2 aliphatic carbocycles. The fraction of sp³-hybridized carbons (Fsp3) is 0.875. The monoisotopic (exact) mass is 444 g/mol. The van der Waals surface area contributed by atoms with Crippen LogP contribution in [0.25, 0.3) is 0 Å². The second kappa shape index (κ2) is 14.4. The molecule has 0 aliphatic heterocycles. The van der Waals surface area contributed by atoms with Gasteiger partial charge in [-0.05, 0) is 62.7 Å². The van der Waals surface area contributed by atoms with Crippen LogP contribution in [-0.2, 0) is 14.3 Å². The van der Waals surface area contributed by atoms with E-state index in [0.717, 1.165) is 44.9 Å². The number of unbranched alkanes of at least 4 members (excludes halogenated alkanes) is 1. The molecule has 5 nitrogen and oxygen atoms in total. The van der Waals surface area contributed by atoms with Gasteiger partial charge in [0.15, 0.2) is 0 Å². The van der Waals surface area contributed by atoms with E-state index < -0.39 is 6.10 Å². The number of allylic oxidation sites excluding steroid dienone is 1. The molecule has 0 aromatic heterocycles. The number of carbonyl (C=O) groups excluding carboxylic acids is 1. The first-order valence-corrected chi connectivity index (χ1v) is 12.3. The van der Waals surface area contributed by atoms with Crippen molar-refractivity contribution in [2.75, 3.05) is 19.8 Å². The molecule has 2 N–H and O–H groups in total. The Balaban J connectivity index is 1.68. The minimum atomic E-state index is -0.390. The fourth-order valence-electron chi connectivity index (χ4n) is 4.88. The third-order valence-electron chi connectivity index (χ3n) is 6.73. The van der Waals surface area contributed by atoms with E-state index in [1.807, 2.05) is 19.1 Å². The standard InChI is InChI=1S/C24H41ClO5/c1-2-3-15-30-24(28)17-29-14-8-7-11-19-20(23(27)16-21(19)25)12-13-22(26)18-9-5-4-6-10-18/h7-8,18-23,26-27H,2-6,9-17H2,1H3/b8-7-/t19-,20-,21-,22-,23-/m1/s1. The lowest BCUT2D eigenvalue weighted by atomic mass is 9.81. The number of halogens is 1. The number of rotatable bonds is 13. The summed E-state index contributed by atoms with van der Waals surface area (Å²) in [5.74, 6) is 0.432. The van der Waals surface area contributed by atoms with Crippen molar-refractivity contribution in [2.24, 2.45) is 17.8 Å². The molecule has 0 bridgehead atoms. The van der Waals surface area contributed by atoms with Gasteiger partial charge in [-0.15, -0.1) is 11.6 Å². The van der Waals surface area contributed by atoms with Gasteiger partial charge in [0, 0.05) is 5.38 Å². The van der Waals surface area contributed by atoms with Crippen molar-refractivity contribution in [1.29, 1.82) is 0 Å². The number of hydrogen-bond acceptors (Lipinski definition) is 5. The largest absolute Gasteiger partial charge is 0.464 e. The van der Waals surface area contributed by atoms with Crippen molar-refractivity contribution in [3.05, 3.63) is 12.2 Å². The highest BCUT2D eigenvalue weighted by Crippen LogP contribution is 2.42. The Kier molecular flexibility index (Phi) is 12.3. The van der Waals surface area contributed by atoms with Crippen molar-refractivity contribution in [1.82, 2.24) is 0 Å². The van der Waals surface area contributed by atoms with Crippen LogP contribution in [0.15, 0.2) is 12.2 Å². The SMILES string of the molecule is CCCCOC(=O)COC/C=C\C[C@@H]1[C@@H](CC[C@@H](O)C2CCCCC2)[C@H](O)C[C@H]1Cl. The number of ether oxygens (including phenoxy) is 2. The van der Waals surface area contributed by atoms with Crippen LogP contribution in [0.1, 0.15) is 77.6 Å². The van der Waals surface area contributed by atoms with Gasteiger partial charge in [0.25, 0.3) is 0 Å². The molecule has 6 heteroatoms. The molecule has 2 aliphatic rings. The first-order valence-electron chi connectivity index (χ1n) is 11.9. The molecule has 2 rings (SSSR count). The van der Waals surface area contributed by atoms with Gasteiger partial charge < -0.3 is 19.7 Å². The highest BCUT2D eigenvalue weighted by Gasteiger charge is 2.40. The van der Waals surface area contributed by atoms with Crippen LogP contribution < -0.4 is 0 Å². The van der Waals surface area contributed by atoms with E-state index in [1.54, 1.807) is 0 Å². The van der Waals surface area contributed by atoms with Crippen LogP contribution >= 0.6 is 11.6 Å². The summed E-state index contributed by atoms with van der Waals surface area (Å²) in [7, 11) is 0. The lowest BCUT2D eigenvalue weighted by Gasteiger charge is -2.29. The molecule has 174 valence electrons. The molecule has 0 radical (unpaired) electrons. The van der Waals surface area contributed by atoms with Gasteiger partial charge >= 0.3 is 5.97 Å². The van der Waals surface area contributed by atoms with E-state index in [4.69, 9.17) is 21.1 Å². The lowest BCUT2D eigenvalue weighted by Crippen LogP contribution is -2.26. The van der Waals surface area contributed by atoms with Crippen LogP contribution in [0, 0.1) is 17.8 Å². The summed E-state index contributed by atoms with van der Waals surface area (Å²) in [6, 6.07) is 0. The Morgan fingerprint density at radius 1 is 1.20 bits per heavy atom. The summed E-state index contributed by atoms with van der Waals surface area (Å²) in [6.07, 6.45) is 14.1. The first-order chi connectivity index (χ1) is 14.5. The molecule has 30 heavy (non-hydrogen) atoms. The smallest absolute Gasteiger partial charge is 0.332 e. The molecule has 0 saturated heterocycles. The summed E-state index contributed by atoms with van der Waals surface area (Å²) in [5.41, 5.74) is 0. The molecule has 2 saturated carbocycles. The highest BCUT2D eigenvalue weighted by atomic mass is 35.5. The summed E-state index contributed by atoms with van der Waals surface area (Å²) >= 11 is 6.53. The maximum absolute atomic E-state index is 11.5. The Labute approximate surface area is 187 Å². The van der Waals surface area contributed by atoms with Crippen LogP contribution in [-0.4, -0.2) is 53.6 Å². The average Bonchev–Trinajstić information content (AvgIpc) is 3.01. The van der Waals surface area contributed by atoms with E-state index in [-0.39, 0.29) is 35.9 Å². The minimum Gasteiger partial charge on any atom is -0.464 e. The van der Waals surface area contributed by atoms with Crippen LogP contribution in [0.5, 0.6) is 0 Å². The average molecular weight is 445 g/mol. The van der Waals surface area contributed by atoms with Gasteiger partial charge in [-0.3, -0.25) is 0 Å². The minimum absolute atomic E-state index is 0.0317. The molecule has 0 spiro atoms. The van der Waals surface area contributed by atoms with Crippen molar-refractivity contribution < 1.29 is 24.5 Å². The second-order valence-electron chi connectivity index (χ2n) is 8.99. The lowest BCUT2D eigenvalue weighted by molar-refractivity contribution is -0.148. The summed E-state index contributed by atoms with van der Waals surface area (Å²) in [6.45, 7) is 2.83. The molecule has 5 atom stereocenters. The molecular formula is C24H41ClO5. The van der Waals surface area contributed by atoms with Gasteiger partial charge in [0.2, 0.25) is 0 Å². The molecule has 0 heterocycles. The Morgan fingerprint density at radius 3 is 2.70 bits per heavy atom. The van der Waals surface area contributed by atoms with E-state index in [1.165, 1.54) is 19.3 Å². The normalized spacial score (nSPS) is 28.8. The summed E-state index contributed by atoms with van der Waals surface area (Å²) in [5, 5.41) is 21.0. The van der Waals surface area contributed by atoms with E-state index in [9.17, 15) is 15.0 Å². The van der Waals surface area contributed by atoms with Crippen molar-refractivity contribution >= 4 is 17.6 Å². The third-order valence-corrected chi connectivity index (χ3v) is 7.24. The van der Waals surface area contributed by atoms with E-state index >= 15 is 0 Å². The predicted octanol–water partition coefficient (Wildman–Crippen LogP) is 4.62. The zero-order valence-corrected chi connectivity index (χ0v) is 19.3. The molecule has 0 unspecified atom stereocenters. The van der Waals surface area contributed by atoms with Gasteiger partial charge in [0.1, 0.15) is 6.61 Å². The summed E-state index contributed by atoms with van der Waals surface area (Å²) < 4.78 is 10.4. The third kappa shape index (κ3) is 8.86. The van der Waals surface area contributed by atoms with Gasteiger partial charge in [-0.1, -0.05) is 44.8 Å². The van der Waals surface area contributed by atoms with Crippen LogP contribution in [0.3, 0.4) is 0 Å². The Bertz CT molecular complexity index is 506. The molecule has 0 aromatic carbocycles. The second-order valence-corrected chi connectivity index (χ2v) is 9.55. The fourth-order valence-corrected chi connectivity index (χ4v) is 5.36. The molecule has 2 fully saturated rings. The van der Waals surface area contributed by atoms with Gasteiger partial charge in [-0.2, -0.15) is 0 Å². The number of aliphatic hydroxyl groups excluding tert-OH is 2. The predicted molar refractivity (Wildman–Crippen MR) is 120 cm³/mol. The maximum atomic E-state index is 11.5. The zero-order valence-electron chi connectivity index (χ0n) is 18.5. The maximum Gasteiger partial charge on any atom is 0.332 e. The van der Waals surface area contributed by atoms with Crippen molar-refractivity contribution in [3.8, 4) is 0 Å². The topological polar surface area (TPSA) is 76.0 Å². The first kappa shape index (κ1) is 25.6. The number of carbonyl (C=O) groups is 1. The number of alkyl halides is 1. The van der Waals surface area contributed by atoms with Crippen LogP contribution in [0.2, 0.25) is 0 Å². The highest BCUT2D eigenvalue weighted by molar-refractivity contribution is 6.21. The molecule has 0 amide bonds. The Hall–Kier alpha value is -0.620. The molecular weight excluding hydrogens is 404 g/mol. The van der Waals surface area contributed by atoms with Crippen molar-refractivity contribution in [2.45, 2.75) is 95.1 Å². The number of esters is 1. The van der Waals surface area contributed by atoms with Crippen LogP contribution in [0.4, 0.5) is 0 Å². The van der Waals surface area contributed by atoms with E-state index in [0.29, 0.717) is 25.6 Å². The number of hydrogen-bond donors (Lipinski definition) is 2. The Morgan fingerprint density at radius 2 is 1.97 bits per heavy atom. The number of aliphatic hydroxyl groups is 2.